The molecule has 0 aliphatic carbocycles. The Morgan fingerprint density at radius 1 is 1.16 bits per heavy atom. The smallest absolute Gasteiger partial charge is 0.248 e. The highest BCUT2D eigenvalue weighted by molar-refractivity contribution is 6.32. The Bertz CT molecular complexity index is 609. The van der Waals surface area contributed by atoms with E-state index in [2.05, 4.69) is 5.32 Å². The third-order valence-electron chi connectivity index (χ3n) is 2.44. The van der Waals surface area contributed by atoms with Gasteiger partial charge in [0.2, 0.25) is 5.91 Å². The van der Waals surface area contributed by atoms with Crippen molar-refractivity contribution in [1.29, 1.82) is 0 Å². The summed E-state index contributed by atoms with van der Waals surface area (Å²) in [6.07, 6.45) is 3.14. The molecule has 3 nitrogen and oxygen atoms in total. The molecule has 96 valence electrons. The summed E-state index contributed by atoms with van der Waals surface area (Å²) in [5.74, 6) is -0.336. The normalized spacial score (nSPS) is 10.6. The molecule has 1 amide bonds. The Morgan fingerprint density at radius 3 is 2.58 bits per heavy atom. The Hall–Kier alpha value is -2.26. The number of hydrogen-bond acceptors (Lipinski definition) is 2. The first-order chi connectivity index (χ1) is 9.15. The van der Waals surface area contributed by atoms with Crippen LogP contribution in [0.4, 0.5) is 5.69 Å². The lowest BCUT2D eigenvalue weighted by Gasteiger charge is -2.03. The molecule has 2 rings (SSSR count). The number of carbonyl (C=O) groups is 1. The van der Waals surface area contributed by atoms with Crippen molar-refractivity contribution in [2.75, 3.05) is 5.32 Å². The van der Waals surface area contributed by atoms with Gasteiger partial charge in [-0.15, -0.1) is 0 Å². The average molecular weight is 274 g/mol. The summed E-state index contributed by atoms with van der Waals surface area (Å²) in [6, 6.07) is 14.0. The maximum absolute atomic E-state index is 11.7. The second kappa shape index (κ2) is 6.07. The first-order valence-corrected chi connectivity index (χ1v) is 6.05. The van der Waals surface area contributed by atoms with Crippen molar-refractivity contribution in [3.63, 3.8) is 0 Å². The fraction of sp³-hybridized carbons (Fsp3) is 0. The molecule has 0 unspecified atom stereocenters. The van der Waals surface area contributed by atoms with Crippen LogP contribution in [0.15, 0.2) is 54.6 Å². The van der Waals surface area contributed by atoms with Gasteiger partial charge in [0, 0.05) is 17.8 Å². The average Bonchev–Trinajstić information content (AvgIpc) is 2.42. The second-order valence-corrected chi connectivity index (χ2v) is 4.31. The first kappa shape index (κ1) is 13.2. The number of anilines is 1. The number of carbonyl (C=O) groups excluding carboxylic acids is 1. The number of aromatic hydroxyl groups is 1. The number of nitrogens with one attached hydrogen (secondary N) is 1. The van der Waals surface area contributed by atoms with E-state index in [1.54, 1.807) is 12.1 Å². The fourth-order valence-electron chi connectivity index (χ4n) is 1.51. The van der Waals surface area contributed by atoms with Crippen molar-refractivity contribution >= 4 is 29.3 Å². The van der Waals surface area contributed by atoms with E-state index in [9.17, 15) is 9.90 Å². The second-order valence-electron chi connectivity index (χ2n) is 3.90. The molecule has 0 heterocycles. The van der Waals surface area contributed by atoms with Crippen molar-refractivity contribution in [3.8, 4) is 5.75 Å². The monoisotopic (exact) mass is 273 g/mol. The maximum atomic E-state index is 11.7. The minimum Gasteiger partial charge on any atom is -0.506 e. The van der Waals surface area contributed by atoms with Gasteiger partial charge in [0.05, 0.1) is 5.02 Å². The largest absolute Gasteiger partial charge is 0.506 e. The van der Waals surface area contributed by atoms with E-state index in [0.717, 1.165) is 5.56 Å². The number of amides is 1. The van der Waals surface area contributed by atoms with Crippen molar-refractivity contribution < 1.29 is 9.90 Å². The van der Waals surface area contributed by atoms with Crippen molar-refractivity contribution in [2.24, 2.45) is 0 Å². The molecule has 0 atom stereocenters. The van der Waals surface area contributed by atoms with Gasteiger partial charge in [0.25, 0.3) is 0 Å². The Labute approximate surface area is 116 Å². The molecule has 0 bridgehead atoms. The van der Waals surface area contributed by atoms with Gasteiger partial charge in [0.1, 0.15) is 5.75 Å². The maximum Gasteiger partial charge on any atom is 0.248 e. The summed E-state index contributed by atoms with van der Waals surface area (Å²) in [7, 11) is 0. The topological polar surface area (TPSA) is 49.3 Å². The molecule has 0 spiro atoms. The van der Waals surface area contributed by atoms with Crippen LogP contribution in [0.3, 0.4) is 0 Å². The number of hydrogen-bond donors (Lipinski definition) is 2. The number of rotatable bonds is 3. The van der Waals surface area contributed by atoms with E-state index in [1.807, 2.05) is 30.3 Å². The van der Waals surface area contributed by atoms with Gasteiger partial charge in [-0.1, -0.05) is 41.9 Å². The molecule has 0 aromatic heterocycles. The zero-order chi connectivity index (χ0) is 13.7. The molecule has 0 saturated carbocycles. The van der Waals surface area contributed by atoms with E-state index in [-0.39, 0.29) is 16.7 Å². The number of phenols is 1. The highest BCUT2D eigenvalue weighted by Gasteiger charge is 2.02. The molecule has 0 aliphatic rings. The quantitative estimate of drug-likeness (QED) is 0.838. The van der Waals surface area contributed by atoms with Gasteiger partial charge in [-0.25, -0.2) is 0 Å². The lowest BCUT2D eigenvalue weighted by atomic mass is 10.2. The molecule has 2 aromatic rings. The lowest BCUT2D eigenvalue weighted by Crippen LogP contribution is -2.07. The van der Waals surface area contributed by atoms with Gasteiger partial charge in [-0.2, -0.15) is 0 Å². The summed E-state index contributed by atoms with van der Waals surface area (Å²) in [4.78, 5) is 11.7. The van der Waals surface area contributed by atoms with Crippen LogP contribution in [0.2, 0.25) is 5.02 Å². The van der Waals surface area contributed by atoms with Crippen LogP contribution in [-0.2, 0) is 4.79 Å². The third-order valence-corrected chi connectivity index (χ3v) is 2.76. The van der Waals surface area contributed by atoms with Gasteiger partial charge in [0.15, 0.2) is 0 Å². The van der Waals surface area contributed by atoms with Gasteiger partial charge >= 0.3 is 0 Å². The molecular formula is C15H12ClNO2. The van der Waals surface area contributed by atoms with E-state index in [4.69, 9.17) is 11.6 Å². The Morgan fingerprint density at radius 2 is 1.89 bits per heavy atom. The number of phenolic OH excluding ortho intramolecular Hbond substituents is 1. The van der Waals surface area contributed by atoms with Crippen LogP contribution in [0, 0.1) is 0 Å². The number of benzene rings is 2. The number of halogens is 1. The molecule has 0 aliphatic heterocycles. The van der Waals surface area contributed by atoms with Gasteiger partial charge in [-0.05, 0) is 23.8 Å². The van der Waals surface area contributed by atoms with Crippen molar-refractivity contribution in [1.82, 2.24) is 0 Å². The molecular weight excluding hydrogens is 262 g/mol. The van der Waals surface area contributed by atoms with Crippen LogP contribution in [0.1, 0.15) is 5.56 Å². The van der Waals surface area contributed by atoms with Crippen LogP contribution < -0.4 is 5.32 Å². The fourth-order valence-corrected chi connectivity index (χ4v) is 1.63. The highest BCUT2D eigenvalue weighted by Crippen LogP contribution is 2.26. The summed E-state index contributed by atoms with van der Waals surface area (Å²) >= 11 is 5.68. The van der Waals surface area contributed by atoms with Crippen LogP contribution >= 0.6 is 11.6 Å². The Kier molecular flexibility index (Phi) is 4.21. The SMILES string of the molecule is O=C(C=Cc1ccccc1)Nc1ccc(Cl)c(O)c1. The van der Waals surface area contributed by atoms with Crippen molar-refractivity contribution in [3.05, 3.63) is 65.2 Å². The van der Waals surface area contributed by atoms with E-state index >= 15 is 0 Å². The predicted octanol–water partition coefficient (Wildman–Crippen LogP) is 3.70. The van der Waals surface area contributed by atoms with Crippen molar-refractivity contribution in [2.45, 2.75) is 0 Å². The zero-order valence-corrected chi connectivity index (χ0v) is 10.8. The molecule has 2 aromatic carbocycles. The molecule has 2 N–H and O–H groups in total. The molecule has 0 radical (unpaired) electrons. The third kappa shape index (κ3) is 3.86. The summed E-state index contributed by atoms with van der Waals surface area (Å²) < 4.78 is 0. The van der Waals surface area contributed by atoms with E-state index in [0.29, 0.717) is 5.69 Å². The molecule has 0 saturated heterocycles. The predicted molar refractivity (Wildman–Crippen MR) is 77.2 cm³/mol. The van der Waals surface area contributed by atoms with E-state index < -0.39 is 0 Å². The Balaban J connectivity index is 2.01. The molecule has 4 heteroatoms. The lowest BCUT2D eigenvalue weighted by molar-refractivity contribution is -0.111. The van der Waals surface area contributed by atoms with Crippen LogP contribution in [-0.4, -0.2) is 11.0 Å². The summed E-state index contributed by atoms with van der Waals surface area (Å²) in [6.45, 7) is 0. The minimum absolute atomic E-state index is 0.0634. The minimum atomic E-state index is -0.273. The van der Waals surface area contributed by atoms with Gasteiger partial charge in [-0.3, -0.25) is 4.79 Å². The summed E-state index contributed by atoms with van der Waals surface area (Å²) in [5, 5.41) is 12.3. The van der Waals surface area contributed by atoms with E-state index in [1.165, 1.54) is 18.2 Å². The standard InChI is InChI=1S/C15H12ClNO2/c16-13-8-7-12(10-14(13)18)17-15(19)9-6-11-4-2-1-3-5-11/h1-10,18H,(H,17,19). The molecule has 0 fully saturated rings. The zero-order valence-electron chi connectivity index (χ0n) is 10.0. The van der Waals surface area contributed by atoms with Crippen LogP contribution in [0.25, 0.3) is 6.08 Å². The first-order valence-electron chi connectivity index (χ1n) is 5.68. The van der Waals surface area contributed by atoms with Crippen LogP contribution in [0.5, 0.6) is 5.75 Å². The van der Waals surface area contributed by atoms with Gasteiger partial charge < -0.3 is 10.4 Å². The highest BCUT2D eigenvalue weighted by atomic mass is 35.5. The summed E-state index contributed by atoms with van der Waals surface area (Å²) in [5.41, 5.74) is 1.43. The molecule has 19 heavy (non-hydrogen) atoms.